The van der Waals surface area contributed by atoms with Crippen LogP contribution in [0.4, 0.5) is 0 Å². The number of fused-ring (bicyclic) bond motifs is 3. The summed E-state index contributed by atoms with van der Waals surface area (Å²) in [7, 11) is 0. The molecule has 0 saturated heterocycles. The molecular formula is C18H14ClN5O3. The highest BCUT2D eigenvalue weighted by atomic mass is 35.5. The molecule has 8 nitrogen and oxygen atoms in total. The van der Waals surface area contributed by atoms with Gasteiger partial charge < -0.3 is 9.67 Å². The average Bonchev–Trinajstić information content (AvgIpc) is 2.98. The van der Waals surface area contributed by atoms with Crippen molar-refractivity contribution in [3.63, 3.8) is 0 Å². The zero-order valence-corrected chi connectivity index (χ0v) is 15.0. The van der Waals surface area contributed by atoms with Crippen LogP contribution >= 0.6 is 11.6 Å². The molecule has 0 aliphatic heterocycles. The Kier molecular flexibility index (Phi) is 4.12. The smallest absolute Gasteiger partial charge is 0.305 e. The molecule has 0 atom stereocenters. The van der Waals surface area contributed by atoms with Crippen molar-refractivity contribution in [2.45, 2.75) is 19.9 Å². The number of hydrogen-bond acceptors (Lipinski definition) is 5. The molecule has 1 aromatic carbocycles. The molecule has 0 fully saturated rings. The third kappa shape index (κ3) is 2.93. The number of aliphatic carboxylic acids is 1. The maximum atomic E-state index is 12.6. The molecule has 0 radical (unpaired) electrons. The Morgan fingerprint density at radius 1 is 1.19 bits per heavy atom. The summed E-state index contributed by atoms with van der Waals surface area (Å²) in [5.74, 6) is -0.973. The maximum absolute atomic E-state index is 12.6. The van der Waals surface area contributed by atoms with E-state index in [4.69, 9.17) is 16.7 Å². The quantitative estimate of drug-likeness (QED) is 0.581. The van der Waals surface area contributed by atoms with Crippen LogP contribution < -0.4 is 5.56 Å². The van der Waals surface area contributed by atoms with Crippen LogP contribution in [0.25, 0.3) is 27.8 Å². The van der Waals surface area contributed by atoms with E-state index in [0.29, 0.717) is 16.2 Å². The third-order valence-corrected chi connectivity index (χ3v) is 4.58. The second-order valence-corrected chi connectivity index (χ2v) is 6.53. The number of aromatic nitrogens is 5. The van der Waals surface area contributed by atoms with Gasteiger partial charge in [0.2, 0.25) is 0 Å². The Bertz CT molecular complexity index is 1240. The number of aryl methyl sites for hydroxylation is 2. The molecule has 136 valence electrons. The molecule has 0 bridgehead atoms. The monoisotopic (exact) mass is 383 g/mol. The van der Waals surface area contributed by atoms with Gasteiger partial charge in [0.15, 0.2) is 11.2 Å². The van der Waals surface area contributed by atoms with E-state index >= 15 is 0 Å². The van der Waals surface area contributed by atoms with Gasteiger partial charge in [-0.3, -0.25) is 9.59 Å². The van der Waals surface area contributed by atoms with Crippen molar-refractivity contribution < 1.29 is 9.90 Å². The lowest BCUT2D eigenvalue weighted by molar-refractivity contribution is -0.137. The molecule has 0 aliphatic rings. The molecular weight excluding hydrogens is 370 g/mol. The van der Waals surface area contributed by atoms with Crippen molar-refractivity contribution in [2.75, 3.05) is 0 Å². The number of carboxylic acids is 1. The van der Waals surface area contributed by atoms with E-state index in [1.54, 1.807) is 28.9 Å². The molecule has 4 rings (SSSR count). The topological polar surface area (TPSA) is 102 Å². The standard InChI is InChI=1S/C18H14ClN5O3/c1-10-15(11-2-4-12(19)5-3-11)17-21-20-16-13(24(17)22-10)6-8-23(18(16)27)9-7-14(25)26/h2-6,8H,7,9H2,1H3,(H,25,26). The molecule has 0 unspecified atom stereocenters. The Labute approximate surface area is 157 Å². The summed E-state index contributed by atoms with van der Waals surface area (Å²) >= 11 is 5.96. The Morgan fingerprint density at radius 2 is 1.93 bits per heavy atom. The fraction of sp³-hybridized carbons (Fsp3) is 0.167. The first kappa shape index (κ1) is 17.2. The van der Waals surface area contributed by atoms with Crippen LogP contribution in [0.2, 0.25) is 5.02 Å². The van der Waals surface area contributed by atoms with Gasteiger partial charge in [-0.1, -0.05) is 23.7 Å². The number of hydrogen-bond donors (Lipinski definition) is 1. The number of rotatable bonds is 4. The predicted octanol–water partition coefficient (Wildman–Crippen LogP) is 2.54. The summed E-state index contributed by atoms with van der Waals surface area (Å²) < 4.78 is 2.90. The first-order valence-corrected chi connectivity index (χ1v) is 8.56. The first-order chi connectivity index (χ1) is 13.0. The molecule has 3 aromatic heterocycles. The average molecular weight is 384 g/mol. The molecule has 27 heavy (non-hydrogen) atoms. The zero-order chi connectivity index (χ0) is 19.1. The van der Waals surface area contributed by atoms with Gasteiger partial charge in [-0.15, -0.1) is 10.2 Å². The van der Waals surface area contributed by atoms with Crippen LogP contribution in [0.1, 0.15) is 12.1 Å². The van der Waals surface area contributed by atoms with E-state index in [1.807, 2.05) is 19.1 Å². The van der Waals surface area contributed by atoms with Gasteiger partial charge in [0.25, 0.3) is 5.56 Å². The first-order valence-electron chi connectivity index (χ1n) is 8.18. The van der Waals surface area contributed by atoms with Gasteiger partial charge >= 0.3 is 5.97 Å². The second kappa shape index (κ2) is 6.48. The lowest BCUT2D eigenvalue weighted by Gasteiger charge is -2.06. The van der Waals surface area contributed by atoms with Crippen LogP contribution in [-0.2, 0) is 11.3 Å². The highest BCUT2D eigenvalue weighted by Gasteiger charge is 2.17. The summed E-state index contributed by atoms with van der Waals surface area (Å²) in [4.78, 5) is 23.3. The SMILES string of the molecule is Cc1nn2c(nnc3c(=O)n(CCC(=O)O)ccc32)c1-c1ccc(Cl)cc1. The van der Waals surface area contributed by atoms with Crippen molar-refractivity contribution in [3.8, 4) is 11.1 Å². The number of nitrogens with zero attached hydrogens (tertiary/aromatic N) is 5. The van der Waals surface area contributed by atoms with E-state index in [-0.39, 0.29) is 18.5 Å². The Morgan fingerprint density at radius 3 is 2.63 bits per heavy atom. The van der Waals surface area contributed by atoms with Crippen LogP contribution in [0.5, 0.6) is 0 Å². The summed E-state index contributed by atoms with van der Waals surface area (Å²) in [5.41, 5.74) is 3.25. The van der Waals surface area contributed by atoms with E-state index in [9.17, 15) is 9.59 Å². The molecule has 0 spiro atoms. The fourth-order valence-corrected chi connectivity index (χ4v) is 3.16. The van der Waals surface area contributed by atoms with E-state index in [0.717, 1.165) is 16.8 Å². The zero-order valence-electron chi connectivity index (χ0n) is 14.3. The van der Waals surface area contributed by atoms with Gasteiger partial charge in [-0.25, -0.2) is 4.52 Å². The van der Waals surface area contributed by atoms with Crippen molar-refractivity contribution in [1.29, 1.82) is 0 Å². The van der Waals surface area contributed by atoms with Gasteiger partial charge in [0, 0.05) is 17.8 Å². The third-order valence-electron chi connectivity index (χ3n) is 4.33. The molecule has 0 saturated carbocycles. The van der Waals surface area contributed by atoms with Crippen LogP contribution in [0, 0.1) is 6.92 Å². The predicted molar refractivity (Wildman–Crippen MR) is 100.0 cm³/mol. The summed E-state index contributed by atoms with van der Waals surface area (Å²) in [6.45, 7) is 1.93. The second-order valence-electron chi connectivity index (χ2n) is 6.09. The Balaban J connectivity index is 1.91. The molecule has 3 heterocycles. The van der Waals surface area contributed by atoms with Crippen molar-refractivity contribution in [1.82, 2.24) is 24.4 Å². The minimum atomic E-state index is -0.973. The van der Waals surface area contributed by atoms with Gasteiger partial charge in [-0.2, -0.15) is 5.10 Å². The summed E-state index contributed by atoms with van der Waals surface area (Å²) in [6.07, 6.45) is 1.40. The van der Waals surface area contributed by atoms with E-state index in [1.165, 1.54) is 4.57 Å². The van der Waals surface area contributed by atoms with Gasteiger partial charge in [0.05, 0.1) is 17.7 Å². The van der Waals surface area contributed by atoms with Crippen molar-refractivity contribution in [2.24, 2.45) is 0 Å². The molecule has 4 aromatic rings. The van der Waals surface area contributed by atoms with Crippen LogP contribution in [-0.4, -0.2) is 35.5 Å². The highest BCUT2D eigenvalue weighted by Crippen LogP contribution is 2.28. The van der Waals surface area contributed by atoms with E-state index < -0.39 is 11.5 Å². The minimum Gasteiger partial charge on any atom is -0.481 e. The normalized spacial score (nSPS) is 11.3. The number of carbonyl (C=O) groups is 1. The number of carboxylic acid groups (broad SMARTS) is 1. The lowest BCUT2D eigenvalue weighted by Crippen LogP contribution is -2.22. The molecule has 9 heteroatoms. The van der Waals surface area contributed by atoms with Crippen molar-refractivity contribution >= 4 is 34.3 Å². The Hall–Kier alpha value is -3.26. The molecule has 0 aliphatic carbocycles. The summed E-state index contributed by atoms with van der Waals surface area (Å²) in [5, 5.41) is 22.3. The fourth-order valence-electron chi connectivity index (χ4n) is 3.04. The van der Waals surface area contributed by atoms with Gasteiger partial charge in [-0.05, 0) is 30.7 Å². The maximum Gasteiger partial charge on any atom is 0.305 e. The van der Waals surface area contributed by atoms with E-state index in [2.05, 4.69) is 15.3 Å². The lowest BCUT2D eigenvalue weighted by atomic mass is 10.1. The molecule has 1 N–H and O–H groups in total. The van der Waals surface area contributed by atoms with Gasteiger partial charge in [0.1, 0.15) is 5.52 Å². The highest BCUT2D eigenvalue weighted by molar-refractivity contribution is 6.30. The molecule has 0 amide bonds. The van der Waals surface area contributed by atoms with Crippen molar-refractivity contribution in [3.05, 3.63) is 57.6 Å². The number of benzene rings is 1. The summed E-state index contributed by atoms with van der Waals surface area (Å²) in [6, 6.07) is 9.02. The largest absolute Gasteiger partial charge is 0.481 e. The van der Waals surface area contributed by atoms with Crippen LogP contribution in [0.3, 0.4) is 0 Å². The minimum absolute atomic E-state index is 0.0674. The van der Waals surface area contributed by atoms with Crippen LogP contribution in [0.15, 0.2) is 41.3 Å². The number of pyridine rings is 1. The number of halogens is 1.